The van der Waals surface area contributed by atoms with Crippen LogP contribution in [0.1, 0.15) is 11.1 Å². The maximum atomic E-state index is 11.2. The molecule has 1 heterocycles. The highest BCUT2D eigenvalue weighted by molar-refractivity contribution is 5.73. The summed E-state index contributed by atoms with van der Waals surface area (Å²) in [7, 11) is 3.34. The van der Waals surface area contributed by atoms with Crippen molar-refractivity contribution in [3.8, 4) is 0 Å². The number of hydrogen-bond donors (Lipinski definition) is 5. The number of anilines is 1. The van der Waals surface area contributed by atoms with Gasteiger partial charge in [0.15, 0.2) is 6.10 Å². The monoisotopic (exact) mass is 341 g/mol. The molecule has 134 valence electrons. The van der Waals surface area contributed by atoms with Gasteiger partial charge in [-0.1, -0.05) is 12.1 Å². The molecule has 1 aromatic carbocycles. The lowest BCUT2D eigenvalue weighted by Crippen LogP contribution is -2.60. The van der Waals surface area contributed by atoms with Crippen LogP contribution < -0.4 is 5.32 Å². The Hall–Kier alpha value is -1.71. The first kappa shape index (κ1) is 18.6. The Bertz CT molecular complexity index is 580. The van der Waals surface area contributed by atoms with Gasteiger partial charge in [0.25, 0.3) is 0 Å². The lowest BCUT2D eigenvalue weighted by atomic mass is 9.91. The Labute approximate surface area is 139 Å². The van der Waals surface area contributed by atoms with Crippen molar-refractivity contribution in [1.29, 1.82) is 0 Å². The van der Waals surface area contributed by atoms with Gasteiger partial charge in [0.2, 0.25) is 0 Å². The summed E-state index contributed by atoms with van der Waals surface area (Å²) in [5.74, 6) is -1.39. The topological polar surface area (TPSA) is 128 Å². The third-order valence-electron chi connectivity index (χ3n) is 4.13. The smallest absolute Gasteiger partial charge is 0.335 e. The second-order valence-electron chi connectivity index (χ2n) is 5.78. The van der Waals surface area contributed by atoms with Crippen molar-refractivity contribution in [1.82, 2.24) is 0 Å². The number of carbonyl (C=O) groups is 1. The van der Waals surface area contributed by atoms with Gasteiger partial charge in [0.05, 0.1) is 12.7 Å². The molecule has 24 heavy (non-hydrogen) atoms. The van der Waals surface area contributed by atoms with Gasteiger partial charge < -0.3 is 35.2 Å². The predicted molar refractivity (Wildman–Crippen MR) is 84.7 cm³/mol. The number of carboxylic acids is 1. The van der Waals surface area contributed by atoms with Crippen LogP contribution in [0.3, 0.4) is 0 Å². The van der Waals surface area contributed by atoms with Gasteiger partial charge in [-0.05, 0) is 17.2 Å². The highest BCUT2D eigenvalue weighted by atomic mass is 16.6. The molecule has 1 saturated heterocycles. The molecule has 0 aromatic heterocycles. The summed E-state index contributed by atoms with van der Waals surface area (Å²) in [6, 6.07) is 5.56. The normalized spacial score (nSPS) is 30.1. The molecule has 0 aliphatic carbocycles. The van der Waals surface area contributed by atoms with Crippen LogP contribution in [0.15, 0.2) is 18.2 Å². The van der Waals surface area contributed by atoms with Crippen LogP contribution >= 0.6 is 0 Å². The largest absolute Gasteiger partial charge is 0.479 e. The van der Waals surface area contributed by atoms with Crippen LogP contribution in [0.5, 0.6) is 0 Å². The molecule has 2 rings (SSSR count). The molecule has 5 N–H and O–H groups in total. The third kappa shape index (κ3) is 3.85. The molecule has 0 saturated carbocycles. The molecule has 0 spiro atoms. The Balaban J connectivity index is 2.21. The van der Waals surface area contributed by atoms with Gasteiger partial charge in [-0.3, -0.25) is 0 Å². The van der Waals surface area contributed by atoms with Crippen molar-refractivity contribution in [2.24, 2.45) is 0 Å². The molecule has 8 heteroatoms. The quantitative estimate of drug-likeness (QED) is 0.462. The fourth-order valence-electron chi connectivity index (χ4n) is 2.83. The molecule has 0 amide bonds. The van der Waals surface area contributed by atoms with Crippen LogP contribution in [0.25, 0.3) is 0 Å². The second kappa shape index (κ2) is 7.91. The Kier molecular flexibility index (Phi) is 6.14. The zero-order valence-electron chi connectivity index (χ0n) is 13.5. The number of carboxylic acid groups (broad SMARTS) is 1. The van der Waals surface area contributed by atoms with Crippen molar-refractivity contribution in [2.45, 2.75) is 43.5 Å². The van der Waals surface area contributed by atoms with Gasteiger partial charge >= 0.3 is 5.97 Å². The molecule has 1 aliphatic heterocycles. The zero-order chi connectivity index (χ0) is 17.9. The lowest BCUT2D eigenvalue weighted by Gasteiger charge is -2.39. The van der Waals surface area contributed by atoms with Crippen molar-refractivity contribution in [3.63, 3.8) is 0 Å². The standard InChI is InChI=1S/C16H23NO7/c1-17-10-5-8(7-23-2)3-4-9(10)6-11-12(18)13(19)14(20)15(24-11)16(21)22/h3-5,11-15,17-20H,6-7H2,1-2H3,(H,21,22). The van der Waals surface area contributed by atoms with Crippen LogP contribution in [0, 0.1) is 0 Å². The van der Waals surface area contributed by atoms with Crippen LogP contribution in [-0.4, -0.2) is 71.1 Å². The van der Waals surface area contributed by atoms with E-state index in [1.807, 2.05) is 18.2 Å². The van der Waals surface area contributed by atoms with Crippen LogP contribution in [0.4, 0.5) is 5.69 Å². The molecular weight excluding hydrogens is 318 g/mol. The SMILES string of the molecule is CNc1cc(COC)ccc1CC1OC(C(=O)O)C(O)C(O)C1O. The van der Waals surface area contributed by atoms with Crippen molar-refractivity contribution >= 4 is 11.7 Å². The van der Waals surface area contributed by atoms with Crippen molar-refractivity contribution in [3.05, 3.63) is 29.3 Å². The minimum Gasteiger partial charge on any atom is -0.479 e. The van der Waals surface area contributed by atoms with E-state index in [4.69, 9.17) is 14.6 Å². The molecule has 5 unspecified atom stereocenters. The first-order valence-electron chi connectivity index (χ1n) is 7.60. The van der Waals surface area contributed by atoms with Gasteiger partial charge in [0.1, 0.15) is 18.3 Å². The summed E-state index contributed by atoms with van der Waals surface area (Å²) in [6.45, 7) is 0.448. The summed E-state index contributed by atoms with van der Waals surface area (Å²) in [6.07, 6.45) is -7.02. The number of rotatable bonds is 6. The minimum absolute atomic E-state index is 0.179. The number of nitrogens with one attached hydrogen (secondary N) is 1. The number of aliphatic carboxylic acids is 1. The highest BCUT2D eigenvalue weighted by Crippen LogP contribution is 2.27. The van der Waals surface area contributed by atoms with E-state index in [1.54, 1.807) is 14.2 Å². The van der Waals surface area contributed by atoms with Gasteiger partial charge in [-0.25, -0.2) is 4.79 Å². The zero-order valence-corrected chi connectivity index (χ0v) is 13.5. The first-order chi connectivity index (χ1) is 11.4. The van der Waals surface area contributed by atoms with Crippen LogP contribution in [0.2, 0.25) is 0 Å². The van der Waals surface area contributed by atoms with E-state index in [-0.39, 0.29) is 6.42 Å². The van der Waals surface area contributed by atoms with Gasteiger partial charge in [0, 0.05) is 26.3 Å². The Morgan fingerprint density at radius 3 is 2.54 bits per heavy atom. The number of aliphatic hydroxyl groups is 3. The second-order valence-corrected chi connectivity index (χ2v) is 5.78. The first-order valence-corrected chi connectivity index (χ1v) is 7.60. The number of hydrogen-bond acceptors (Lipinski definition) is 7. The maximum absolute atomic E-state index is 11.2. The number of benzene rings is 1. The summed E-state index contributed by atoms with van der Waals surface area (Å²) >= 11 is 0. The van der Waals surface area contributed by atoms with Gasteiger partial charge in [-0.15, -0.1) is 0 Å². The molecule has 1 aromatic rings. The number of ether oxygens (including phenoxy) is 2. The number of aliphatic hydroxyl groups excluding tert-OH is 3. The van der Waals surface area contributed by atoms with E-state index in [0.29, 0.717) is 6.61 Å². The van der Waals surface area contributed by atoms with Crippen molar-refractivity contribution in [2.75, 3.05) is 19.5 Å². The van der Waals surface area contributed by atoms with E-state index in [0.717, 1.165) is 16.8 Å². The Morgan fingerprint density at radius 1 is 1.25 bits per heavy atom. The third-order valence-corrected chi connectivity index (χ3v) is 4.13. The highest BCUT2D eigenvalue weighted by Gasteiger charge is 2.46. The molecule has 5 atom stereocenters. The maximum Gasteiger partial charge on any atom is 0.335 e. The molecule has 8 nitrogen and oxygen atoms in total. The fourth-order valence-corrected chi connectivity index (χ4v) is 2.83. The minimum atomic E-state index is -1.68. The summed E-state index contributed by atoms with van der Waals surface area (Å²) in [5, 5.41) is 41.8. The molecule has 1 fully saturated rings. The molecule has 1 aliphatic rings. The van der Waals surface area contributed by atoms with E-state index < -0.39 is 36.5 Å². The molecule has 0 radical (unpaired) electrons. The van der Waals surface area contributed by atoms with Crippen LogP contribution in [-0.2, 0) is 27.3 Å². The lowest BCUT2D eigenvalue weighted by molar-refractivity contribution is -0.227. The molecular formula is C16H23NO7. The van der Waals surface area contributed by atoms with E-state index in [1.165, 1.54) is 0 Å². The summed E-state index contributed by atoms with van der Waals surface area (Å²) in [5.41, 5.74) is 2.52. The average Bonchev–Trinajstić information content (AvgIpc) is 2.56. The average molecular weight is 341 g/mol. The van der Waals surface area contributed by atoms with E-state index in [9.17, 15) is 20.1 Å². The fraction of sp³-hybridized carbons (Fsp3) is 0.562. The summed E-state index contributed by atoms with van der Waals surface area (Å²) in [4.78, 5) is 11.2. The summed E-state index contributed by atoms with van der Waals surface area (Å²) < 4.78 is 10.4. The van der Waals surface area contributed by atoms with Gasteiger partial charge in [-0.2, -0.15) is 0 Å². The van der Waals surface area contributed by atoms with Crippen molar-refractivity contribution < 1.29 is 34.7 Å². The Morgan fingerprint density at radius 2 is 1.96 bits per heavy atom. The van der Waals surface area contributed by atoms with E-state index in [2.05, 4.69) is 5.32 Å². The number of methoxy groups -OCH3 is 1. The predicted octanol–water partition coefficient (Wildman–Crippen LogP) is -0.648. The molecule has 0 bridgehead atoms. The van der Waals surface area contributed by atoms with E-state index >= 15 is 0 Å².